The average molecular weight is 275 g/mol. The zero-order chi connectivity index (χ0) is 14.5. The number of hydrogen-bond donors (Lipinski definition) is 2. The van der Waals surface area contributed by atoms with E-state index >= 15 is 0 Å². The summed E-state index contributed by atoms with van der Waals surface area (Å²) in [6.07, 6.45) is 0.837. The molecule has 0 radical (unpaired) electrons. The van der Waals surface area contributed by atoms with E-state index in [2.05, 4.69) is 54.5 Å². The lowest BCUT2D eigenvalue weighted by Gasteiger charge is -2.36. The standard InChI is InChI=1S/C16H25N3O/c1-4-15-16(20)18-8-9-19(15)14-7-6-13(11-17-5-2)12(3)10-14/h6-7,10,15,17H,4-5,8-9,11H2,1-3H3,(H,18,20). The Morgan fingerprint density at radius 1 is 1.40 bits per heavy atom. The number of benzene rings is 1. The molecule has 2 N–H and O–H groups in total. The van der Waals surface area contributed by atoms with Crippen LogP contribution < -0.4 is 15.5 Å². The second-order valence-corrected chi connectivity index (χ2v) is 5.30. The first-order chi connectivity index (χ1) is 9.67. The summed E-state index contributed by atoms with van der Waals surface area (Å²) in [4.78, 5) is 14.2. The van der Waals surface area contributed by atoms with Gasteiger partial charge in [0.05, 0.1) is 0 Å². The monoisotopic (exact) mass is 275 g/mol. The maximum Gasteiger partial charge on any atom is 0.242 e. The van der Waals surface area contributed by atoms with Crippen molar-refractivity contribution in [3.63, 3.8) is 0 Å². The summed E-state index contributed by atoms with van der Waals surface area (Å²) in [6.45, 7) is 9.81. The third-order valence-corrected chi connectivity index (χ3v) is 3.94. The van der Waals surface area contributed by atoms with E-state index in [9.17, 15) is 4.79 Å². The van der Waals surface area contributed by atoms with Gasteiger partial charge in [0.2, 0.25) is 5.91 Å². The van der Waals surface area contributed by atoms with Crippen molar-refractivity contribution in [1.29, 1.82) is 0 Å². The van der Waals surface area contributed by atoms with Gasteiger partial charge in [-0.15, -0.1) is 0 Å². The molecule has 0 aromatic heterocycles. The Morgan fingerprint density at radius 2 is 2.20 bits per heavy atom. The van der Waals surface area contributed by atoms with Crippen molar-refractivity contribution < 1.29 is 4.79 Å². The zero-order valence-corrected chi connectivity index (χ0v) is 12.7. The van der Waals surface area contributed by atoms with Crippen LogP contribution in [0.4, 0.5) is 5.69 Å². The predicted molar refractivity (Wildman–Crippen MR) is 83.0 cm³/mol. The number of piperazine rings is 1. The molecular weight excluding hydrogens is 250 g/mol. The van der Waals surface area contributed by atoms with Crippen molar-refractivity contribution in [3.8, 4) is 0 Å². The lowest BCUT2D eigenvalue weighted by molar-refractivity contribution is -0.123. The number of nitrogens with one attached hydrogen (secondary N) is 2. The SMILES string of the molecule is CCNCc1ccc(N2CCNC(=O)C2CC)cc1C. The lowest BCUT2D eigenvalue weighted by Crippen LogP contribution is -2.55. The van der Waals surface area contributed by atoms with Gasteiger partial charge in [-0.05, 0) is 43.1 Å². The molecule has 0 saturated carbocycles. The molecule has 0 spiro atoms. The first-order valence-corrected chi connectivity index (χ1v) is 7.52. The number of nitrogens with zero attached hydrogens (tertiary/aromatic N) is 1. The molecule has 1 amide bonds. The summed E-state index contributed by atoms with van der Waals surface area (Å²) in [7, 11) is 0. The van der Waals surface area contributed by atoms with Gasteiger partial charge in [-0.3, -0.25) is 4.79 Å². The van der Waals surface area contributed by atoms with E-state index < -0.39 is 0 Å². The van der Waals surface area contributed by atoms with Crippen molar-refractivity contribution in [3.05, 3.63) is 29.3 Å². The van der Waals surface area contributed by atoms with Crippen molar-refractivity contribution in [2.24, 2.45) is 0 Å². The van der Waals surface area contributed by atoms with E-state index in [1.807, 2.05) is 0 Å². The Kier molecular flexibility index (Phi) is 5.01. The number of aryl methyl sites for hydroxylation is 1. The summed E-state index contributed by atoms with van der Waals surface area (Å²) in [6, 6.07) is 6.48. The van der Waals surface area contributed by atoms with Crippen LogP contribution in [0.3, 0.4) is 0 Å². The molecule has 1 fully saturated rings. The molecule has 1 aliphatic rings. The minimum atomic E-state index is -0.0391. The minimum Gasteiger partial charge on any atom is -0.358 e. The van der Waals surface area contributed by atoms with Crippen LogP contribution in [0.5, 0.6) is 0 Å². The summed E-state index contributed by atoms with van der Waals surface area (Å²) < 4.78 is 0. The largest absolute Gasteiger partial charge is 0.358 e. The number of rotatable bonds is 5. The van der Waals surface area contributed by atoms with Gasteiger partial charge >= 0.3 is 0 Å². The first kappa shape index (κ1) is 14.9. The lowest BCUT2D eigenvalue weighted by atomic mass is 10.0. The third-order valence-electron chi connectivity index (χ3n) is 3.94. The molecule has 1 heterocycles. The highest BCUT2D eigenvalue weighted by molar-refractivity contribution is 5.86. The van der Waals surface area contributed by atoms with Crippen molar-refractivity contribution in [1.82, 2.24) is 10.6 Å². The van der Waals surface area contributed by atoms with Crippen LogP contribution in [-0.2, 0) is 11.3 Å². The molecular formula is C16H25N3O. The van der Waals surface area contributed by atoms with Gasteiger partial charge in [0.25, 0.3) is 0 Å². The van der Waals surface area contributed by atoms with E-state index in [4.69, 9.17) is 0 Å². The molecule has 1 atom stereocenters. The zero-order valence-electron chi connectivity index (χ0n) is 12.7. The van der Waals surface area contributed by atoms with Gasteiger partial charge in [-0.25, -0.2) is 0 Å². The Morgan fingerprint density at radius 3 is 2.85 bits per heavy atom. The van der Waals surface area contributed by atoms with Crippen molar-refractivity contribution in [2.45, 2.75) is 39.8 Å². The minimum absolute atomic E-state index is 0.0391. The fourth-order valence-electron chi connectivity index (χ4n) is 2.75. The highest BCUT2D eigenvalue weighted by atomic mass is 16.2. The van der Waals surface area contributed by atoms with Crippen molar-refractivity contribution in [2.75, 3.05) is 24.5 Å². The van der Waals surface area contributed by atoms with Crippen LogP contribution >= 0.6 is 0 Å². The van der Waals surface area contributed by atoms with Crippen LogP contribution in [0, 0.1) is 6.92 Å². The summed E-state index contributed by atoms with van der Waals surface area (Å²) in [5.41, 5.74) is 3.76. The molecule has 1 aromatic carbocycles. The Balaban J connectivity index is 2.19. The second kappa shape index (κ2) is 6.75. The fraction of sp³-hybridized carbons (Fsp3) is 0.562. The number of hydrogen-bond acceptors (Lipinski definition) is 3. The maximum absolute atomic E-state index is 11.9. The number of carbonyl (C=O) groups excluding carboxylic acids is 1. The molecule has 20 heavy (non-hydrogen) atoms. The molecule has 2 rings (SSSR count). The summed E-state index contributed by atoms with van der Waals surface area (Å²) >= 11 is 0. The van der Waals surface area contributed by atoms with Gasteiger partial charge in [-0.1, -0.05) is 19.9 Å². The van der Waals surface area contributed by atoms with Crippen LogP contribution in [-0.4, -0.2) is 31.6 Å². The van der Waals surface area contributed by atoms with Gasteiger partial charge in [-0.2, -0.15) is 0 Å². The average Bonchev–Trinajstić information content (AvgIpc) is 2.45. The molecule has 4 heteroatoms. The van der Waals surface area contributed by atoms with E-state index in [-0.39, 0.29) is 11.9 Å². The van der Waals surface area contributed by atoms with Gasteiger partial charge in [0.15, 0.2) is 0 Å². The molecule has 0 aliphatic carbocycles. The Hall–Kier alpha value is -1.55. The number of carbonyl (C=O) groups is 1. The first-order valence-electron chi connectivity index (χ1n) is 7.52. The Bertz CT molecular complexity index is 473. The number of amides is 1. The van der Waals surface area contributed by atoms with E-state index in [1.165, 1.54) is 11.1 Å². The summed E-state index contributed by atoms with van der Waals surface area (Å²) in [5.74, 6) is 0.146. The molecule has 0 bridgehead atoms. The van der Waals surface area contributed by atoms with Gasteiger partial charge in [0.1, 0.15) is 6.04 Å². The van der Waals surface area contributed by atoms with Gasteiger partial charge < -0.3 is 15.5 Å². The summed E-state index contributed by atoms with van der Waals surface area (Å²) in [5, 5.41) is 6.30. The van der Waals surface area contributed by atoms with Crippen molar-refractivity contribution >= 4 is 11.6 Å². The molecule has 1 aliphatic heterocycles. The molecule has 1 unspecified atom stereocenters. The normalized spacial score (nSPS) is 19.1. The van der Waals surface area contributed by atoms with Crippen LogP contribution in [0.1, 0.15) is 31.4 Å². The Labute approximate surface area is 121 Å². The fourth-order valence-corrected chi connectivity index (χ4v) is 2.75. The topological polar surface area (TPSA) is 44.4 Å². The smallest absolute Gasteiger partial charge is 0.242 e. The quantitative estimate of drug-likeness (QED) is 0.861. The molecule has 1 aromatic rings. The van der Waals surface area contributed by atoms with Crippen LogP contribution in [0.25, 0.3) is 0 Å². The molecule has 1 saturated heterocycles. The van der Waals surface area contributed by atoms with Gasteiger partial charge in [0, 0.05) is 25.3 Å². The highest BCUT2D eigenvalue weighted by Gasteiger charge is 2.28. The molecule has 110 valence electrons. The van der Waals surface area contributed by atoms with Crippen LogP contribution in [0.15, 0.2) is 18.2 Å². The van der Waals surface area contributed by atoms with E-state index in [0.717, 1.165) is 38.3 Å². The predicted octanol–water partition coefficient (Wildman–Crippen LogP) is 1.82. The van der Waals surface area contributed by atoms with E-state index in [0.29, 0.717) is 0 Å². The van der Waals surface area contributed by atoms with E-state index in [1.54, 1.807) is 0 Å². The third kappa shape index (κ3) is 3.12. The highest BCUT2D eigenvalue weighted by Crippen LogP contribution is 2.23. The number of anilines is 1. The van der Waals surface area contributed by atoms with Crippen LogP contribution in [0.2, 0.25) is 0 Å². The maximum atomic E-state index is 11.9. The molecule has 4 nitrogen and oxygen atoms in total. The second-order valence-electron chi connectivity index (χ2n) is 5.30.